The number of likely N-dealkylation sites (N-methyl/N-ethyl adjacent to an activating group) is 1. The highest BCUT2D eigenvalue weighted by Gasteiger charge is 2.47. The summed E-state index contributed by atoms with van der Waals surface area (Å²) < 4.78 is 0. The molecule has 84 valence electrons. The quantitative estimate of drug-likeness (QED) is 0.746. The summed E-state index contributed by atoms with van der Waals surface area (Å²) in [6, 6.07) is 0.440. The highest BCUT2D eigenvalue weighted by atomic mass is 16.2. The molecule has 0 radical (unpaired) electrons. The lowest BCUT2D eigenvalue weighted by molar-refractivity contribution is -0.127. The zero-order valence-electron chi connectivity index (χ0n) is 9.41. The first-order chi connectivity index (χ1) is 7.26. The fourth-order valence-corrected chi connectivity index (χ4v) is 3.41. The highest BCUT2D eigenvalue weighted by molar-refractivity contribution is 5.80. The topological polar surface area (TPSA) is 32.3 Å². The van der Waals surface area contributed by atoms with E-state index < -0.39 is 0 Å². The molecule has 0 aromatic rings. The number of amides is 1. The van der Waals surface area contributed by atoms with E-state index in [-0.39, 0.29) is 0 Å². The smallest absolute Gasteiger partial charge is 0.223 e. The van der Waals surface area contributed by atoms with E-state index in [2.05, 4.69) is 17.1 Å². The Balaban J connectivity index is 1.46. The minimum Gasteiger partial charge on any atom is -0.351 e. The Bertz CT molecular complexity index is 267. The Hall–Kier alpha value is -0.570. The zero-order valence-corrected chi connectivity index (χ0v) is 9.41. The van der Waals surface area contributed by atoms with Crippen LogP contribution in [0.2, 0.25) is 0 Å². The molecule has 3 heteroatoms. The van der Waals surface area contributed by atoms with Crippen LogP contribution in [0.3, 0.4) is 0 Å². The van der Waals surface area contributed by atoms with Gasteiger partial charge in [-0.15, -0.1) is 0 Å². The first kappa shape index (κ1) is 9.64. The number of carbonyl (C=O) groups excluding carboxylic acids is 1. The van der Waals surface area contributed by atoms with Crippen molar-refractivity contribution in [1.29, 1.82) is 0 Å². The van der Waals surface area contributed by atoms with Crippen LogP contribution in [0.4, 0.5) is 0 Å². The van der Waals surface area contributed by atoms with Crippen LogP contribution >= 0.6 is 0 Å². The van der Waals surface area contributed by atoms with Crippen molar-refractivity contribution in [2.75, 3.05) is 19.6 Å². The molecule has 4 aliphatic rings. The molecule has 0 aromatic carbocycles. The molecule has 3 nitrogen and oxygen atoms in total. The van der Waals surface area contributed by atoms with Crippen molar-refractivity contribution < 1.29 is 4.79 Å². The molecule has 0 spiro atoms. The third kappa shape index (κ3) is 1.57. The van der Waals surface area contributed by atoms with Crippen molar-refractivity contribution in [1.82, 2.24) is 10.2 Å². The number of fused-ring (bicyclic) bond motifs is 1. The molecule has 1 aliphatic heterocycles. The SMILES string of the molecule is CCN1CC(NC(=O)C2CC3CC2C3)C1. The molecule has 1 heterocycles. The first-order valence-electron chi connectivity index (χ1n) is 6.29. The monoisotopic (exact) mass is 208 g/mol. The summed E-state index contributed by atoms with van der Waals surface area (Å²) in [4.78, 5) is 14.3. The van der Waals surface area contributed by atoms with Gasteiger partial charge in [-0.1, -0.05) is 6.92 Å². The van der Waals surface area contributed by atoms with Crippen molar-refractivity contribution in [3.63, 3.8) is 0 Å². The maximum Gasteiger partial charge on any atom is 0.223 e. The van der Waals surface area contributed by atoms with E-state index in [1.807, 2.05) is 0 Å². The highest BCUT2D eigenvalue weighted by Crippen LogP contribution is 2.52. The van der Waals surface area contributed by atoms with Gasteiger partial charge in [0.1, 0.15) is 0 Å². The van der Waals surface area contributed by atoms with Gasteiger partial charge >= 0.3 is 0 Å². The third-order valence-corrected chi connectivity index (χ3v) is 4.52. The van der Waals surface area contributed by atoms with Gasteiger partial charge < -0.3 is 5.32 Å². The molecule has 1 atom stereocenters. The Kier molecular flexibility index (Phi) is 2.23. The molecule has 15 heavy (non-hydrogen) atoms. The van der Waals surface area contributed by atoms with E-state index in [0.717, 1.165) is 31.5 Å². The van der Waals surface area contributed by atoms with Crippen LogP contribution in [-0.2, 0) is 4.79 Å². The lowest BCUT2D eigenvalue weighted by Crippen LogP contribution is -2.59. The minimum absolute atomic E-state index is 0.348. The van der Waals surface area contributed by atoms with E-state index in [1.165, 1.54) is 19.3 Å². The van der Waals surface area contributed by atoms with Crippen molar-refractivity contribution in [2.45, 2.75) is 32.2 Å². The lowest BCUT2D eigenvalue weighted by atomic mass is 9.82. The predicted octanol–water partition coefficient (Wildman–Crippen LogP) is 0.853. The molecule has 1 unspecified atom stereocenters. The number of hydrogen-bond donors (Lipinski definition) is 1. The second-order valence-electron chi connectivity index (χ2n) is 5.50. The number of nitrogens with one attached hydrogen (secondary N) is 1. The maximum atomic E-state index is 12.0. The van der Waals surface area contributed by atoms with Gasteiger partial charge in [0.05, 0.1) is 6.04 Å². The van der Waals surface area contributed by atoms with E-state index in [1.54, 1.807) is 0 Å². The molecular formula is C12H20N2O. The average Bonchev–Trinajstić information content (AvgIpc) is 2.66. The Labute approximate surface area is 91.2 Å². The third-order valence-electron chi connectivity index (χ3n) is 4.52. The van der Waals surface area contributed by atoms with Gasteiger partial charge in [-0.25, -0.2) is 0 Å². The molecule has 1 saturated heterocycles. The van der Waals surface area contributed by atoms with E-state index in [9.17, 15) is 4.79 Å². The number of nitrogens with zero attached hydrogens (tertiary/aromatic N) is 1. The largest absolute Gasteiger partial charge is 0.351 e. The fraction of sp³-hybridized carbons (Fsp3) is 0.917. The Morgan fingerprint density at radius 1 is 1.33 bits per heavy atom. The van der Waals surface area contributed by atoms with Gasteiger partial charge in [-0.05, 0) is 37.6 Å². The normalized spacial score (nSPS) is 39.7. The molecule has 4 rings (SSSR count). The lowest BCUT2D eigenvalue weighted by Gasteiger charge is -2.39. The van der Waals surface area contributed by atoms with Crippen LogP contribution in [-0.4, -0.2) is 36.5 Å². The summed E-state index contributed by atoms with van der Waals surface area (Å²) in [5, 5.41) is 3.20. The van der Waals surface area contributed by atoms with Gasteiger partial charge in [-0.2, -0.15) is 0 Å². The van der Waals surface area contributed by atoms with Gasteiger partial charge in [0, 0.05) is 19.0 Å². The summed E-state index contributed by atoms with van der Waals surface area (Å²) >= 11 is 0. The van der Waals surface area contributed by atoms with Gasteiger partial charge in [0.2, 0.25) is 5.91 Å². The summed E-state index contributed by atoms with van der Waals surface area (Å²) in [6.07, 6.45) is 3.81. The standard InChI is InChI=1S/C12H20N2O/c1-2-14-6-10(7-14)13-12(15)11-5-8-3-9(11)4-8/h8-11H,2-7H2,1H3,(H,13,15). The Morgan fingerprint density at radius 3 is 2.60 bits per heavy atom. The molecule has 1 amide bonds. The summed E-state index contributed by atoms with van der Waals surface area (Å²) in [7, 11) is 0. The van der Waals surface area contributed by atoms with Crippen molar-refractivity contribution in [3.8, 4) is 0 Å². The van der Waals surface area contributed by atoms with Crippen LogP contribution in [0, 0.1) is 17.8 Å². The van der Waals surface area contributed by atoms with E-state index in [0.29, 0.717) is 17.9 Å². The van der Waals surface area contributed by atoms with Crippen LogP contribution in [0.1, 0.15) is 26.2 Å². The fourth-order valence-electron chi connectivity index (χ4n) is 3.41. The Morgan fingerprint density at radius 2 is 2.07 bits per heavy atom. The van der Waals surface area contributed by atoms with Crippen LogP contribution < -0.4 is 5.32 Å². The maximum absolute atomic E-state index is 12.0. The molecular weight excluding hydrogens is 188 g/mol. The molecule has 4 fully saturated rings. The van der Waals surface area contributed by atoms with Crippen LogP contribution in [0.15, 0.2) is 0 Å². The molecule has 1 N–H and O–H groups in total. The molecule has 3 saturated carbocycles. The molecule has 0 aromatic heterocycles. The number of hydrogen-bond acceptors (Lipinski definition) is 2. The van der Waals surface area contributed by atoms with Crippen molar-refractivity contribution in [3.05, 3.63) is 0 Å². The zero-order chi connectivity index (χ0) is 10.4. The molecule has 2 bridgehead atoms. The van der Waals surface area contributed by atoms with Crippen molar-refractivity contribution in [2.24, 2.45) is 17.8 Å². The van der Waals surface area contributed by atoms with Gasteiger partial charge in [-0.3, -0.25) is 9.69 Å². The van der Waals surface area contributed by atoms with Crippen LogP contribution in [0.5, 0.6) is 0 Å². The first-order valence-corrected chi connectivity index (χ1v) is 6.29. The second-order valence-corrected chi connectivity index (χ2v) is 5.50. The summed E-state index contributed by atoms with van der Waals surface area (Å²) in [5.41, 5.74) is 0. The van der Waals surface area contributed by atoms with Gasteiger partial charge in [0.25, 0.3) is 0 Å². The average molecular weight is 208 g/mol. The number of rotatable bonds is 3. The molecule has 3 aliphatic carbocycles. The van der Waals surface area contributed by atoms with Crippen molar-refractivity contribution >= 4 is 5.91 Å². The summed E-state index contributed by atoms with van der Waals surface area (Å²) in [6.45, 7) is 5.40. The van der Waals surface area contributed by atoms with E-state index >= 15 is 0 Å². The number of likely N-dealkylation sites (tertiary alicyclic amines) is 1. The predicted molar refractivity (Wildman–Crippen MR) is 58.4 cm³/mol. The van der Waals surface area contributed by atoms with Gasteiger partial charge in [0.15, 0.2) is 0 Å². The second kappa shape index (κ2) is 3.48. The van der Waals surface area contributed by atoms with E-state index in [4.69, 9.17) is 0 Å². The minimum atomic E-state index is 0.348. The number of carbonyl (C=O) groups is 1. The summed E-state index contributed by atoms with van der Waals surface area (Å²) in [5.74, 6) is 2.34. The van der Waals surface area contributed by atoms with Crippen LogP contribution in [0.25, 0.3) is 0 Å².